The molecule has 0 bridgehead atoms. The molecule has 0 atom stereocenters. The van der Waals surface area contributed by atoms with Gasteiger partial charge >= 0.3 is 3.98 Å². The molecule has 0 spiro atoms. The Labute approximate surface area is 54.2 Å². The molecule has 0 unspecified atom stereocenters. The molecule has 0 aromatic carbocycles. The molecule has 0 amide bonds. The highest BCUT2D eigenvalue weighted by Crippen LogP contribution is 1.89. The maximum absolute atomic E-state index is 11.1. The molecule has 7 heavy (non-hydrogen) atoms. The predicted molar refractivity (Wildman–Crippen MR) is 31.3 cm³/mol. The standard InChI is InChI=1S/C3H4FIO2/c4-1-2-7-3(5)6/h1-2H2. The van der Waals surface area contributed by atoms with Crippen molar-refractivity contribution in [3.8, 4) is 0 Å². The third kappa shape index (κ3) is 6.13. The molecular weight excluding hydrogens is 214 g/mol. The van der Waals surface area contributed by atoms with Crippen molar-refractivity contribution < 1.29 is 13.9 Å². The zero-order valence-corrected chi connectivity index (χ0v) is 5.64. The zero-order chi connectivity index (χ0) is 5.70. The lowest BCUT2D eigenvalue weighted by molar-refractivity contribution is 0.168. The summed E-state index contributed by atoms with van der Waals surface area (Å²) < 4.78 is 14.8. The van der Waals surface area contributed by atoms with Gasteiger partial charge in [0, 0.05) is 0 Å². The van der Waals surface area contributed by atoms with E-state index in [1.165, 1.54) is 22.6 Å². The van der Waals surface area contributed by atoms with E-state index in [-0.39, 0.29) is 6.61 Å². The van der Waals surface area contributed by atoms with Crippen LogP contribution in [0.4, 0.5) is 9.18 Å². The lowest BCUT2D eigenvalue weighted by Crippen LogP contribution is -1.96. The van der Waals surface area contributed by atoms with Gasteiger partial charge in [0.1, 0.15) is 13.3 Å². The molecule has 0 rings (SSSR count). The second-order valence-electron chi connectivity index (χ2n) is 0.775. The summed E-state index contributed by atoms with van der Waals surface area (Å²) in [5.74, 6) is 0. The number of carbonyl (C=O) groups excluding carboxylic acids is 1. The first kappa shape index (κ1) is 7.13. The molecule has 4 heteroatoms. The molecule has 0 aliphatic rings. The highest BCUT2D eigenvalue weighted by molar-refractivity contribution is 14.1. The molecule has 0 saturated heterocycles. The summed E-state index contributed by atoms with van der Waals surface area (Å²) >= 11 is 1.44. The Kier molecular flexibility index (Phi) is 4.37. The Balaban J connectivity index is 2.82. The van der Waals surface area contributed by atoms with Crippen molar-refractivity contribution in [1.82, 2.24) is 0 Å². The van der Waals surface area contributed by atoms with Crippen LogP contribution in [-0.2, 0) is 4.74 Å². The van der Waals surface area contributed by atoms with Crippen LogP contribution in [0.3, 0.4) is 0 Å². The Morgan fingerprint density at radius 1 is 1.86 bits per heavy atom. The average Bonchev–Trinajstić information content (AvgIpc) is 1.61. The summed E-state index contributed by atoms with van der Waals surface area (Å²) in [6, 6.07) is 0. The van der Waals surface area contributed by atoms with E-state index in [2.05, 4.69) is 4.74 Å². The van der Waals surface area contributed by atoms with Crippen LogP contribution in [0.1, 0.15) is 0 Å². The van der Waals surface area contributed by atoms with Crippen LogP contribution in [0, 0.1) is 0 Å². The van der Waals surface area contributed by atoms with Gasteiger partial charge in [0.05, 0.1) is 22.6 Å². The lowest BCUT2D eigenvalue weighted by Gasteiger charge is -1.90. The van der Waals surface area contributed by atoms with E-state index in [9.17, 15) is 9.18 Å². The van der Waals surface area contributed by atoms with Gasteiger partial charge in [-0.3, -0.25) is 0 Å². The van der Waals surface area contributed by atoms with E-state index in [1.807, 2.05) is 0 Å². The van der Waals surface area contributed by atoms with E-state index in [1.54, 1.807) is 0 Å². The van der Waals surface area contributed by atoms with Crippen LogP contribution in [0.15, 0.2) is 0 Å². The van der Waals surface area contributed by atoms with Gasteiger partial charge in [-0.05, 0) is 0 Å². The predicted octanol–water partition coefficient (Wildman–Crippen LogP) is 1.53. The minimum absolute atomic E-state index is 0.123. The third-order valence-corrected chi connectivity index (χ3v) is 0.604. The fraction of sp³-hybridized carbons (Fsp3) is 0.667. The van der Waals surface area contributed by atoms with Gasteiger partial charge in [-0.1, -0.05) is 0 Å². The van der Waals surface area contributed by atoms with Crippen LogP contribution in [0.2, 0.25) is 0 Å². The number of hydrogen-bond acceptors (Lipinski definition) is 2. The first-order valence-electron chi connectivity index (χ1n) is 1.65. The van der Waals surface area contributed by atoms with Crippen molar-refractivity contribution in [2.24, 2.45) is 0 Å². The molecule has 0 radical (unpaired) electrons. The highest BCUT2D eigenvalue weighted by atomic mass is 127. The zero-order valence-electron chi connectivity index (χ0n) is 3.49. The number of ether oxygens (including phenoxy) is 1. The van der Waals surface area contributed by atoms with Gasteiger partial charge in [-0.15, -0.1) is 0 Å². The first-order chi connectivity index (χ1) is 3.27. The molecule has 0 heterocycles. The fourth-order valence-electron chi connectivity index (χ4n) is 0.119. The van der Waals surface area contributed by atoms with Crippen molar-refractivity contribution in [2.75, 3.05) is 13.3 Å². The van der Waals surface area contributed by atoms with Crippen molar-refractivity contribution in [3.63, 3.8) is 0 Å². The molecule has 42 valence electrons. The molecule has 0 aromatic heterocycles. The highest BCUT2D eigenvalue weighted by Gasteiger charge is 1.89. The maximum Gasteiger partial charge on any atom is 0.367 e. The molecular formula is C3H4FIO2. The lowest BCUT2D eigenvalue weighted by atomic mass is 10.8. The van der Waals surface area contributed by atoms with E-state index in [0.717, 1.165) is 0 Å². The smallest absolute Gasteiger partial charge is 0.367 e. The molecule has 0 aliphatic carbocycles. The van der Waals surface area contributed by atoms with Gasteiger partial charge in [0.2, 0.25) is 0 Å². The van der Waals surface area contributed by atoms with Crippen LogP contribution >= 0.6 is 22.6 Å². The minimum Gasteiger partial charge on any atom is -0.455 e. The number of halogens is 2. The third-order valence-electron chi connectivity index (χ3n) is 0.293. The second-order valence-corrected chi connectivity index (χ2v) is 1.66. The Morgan fingerprint density at radius 2 is 2.43 bits per heavy atom. The van der Waals surface area contributed by atoms with Crippen molar-refractivity contribution in [3.05, 3.63) is 0 Å². The Bertz CT molecular complexity index is 66.0. The minimum atomic E-state index is -0.602. The number of alkyl halides is 1. The van der Waals surface area contributed by atoms with E-state index >= 15 is 0 Å². The first-order valence-corrected chi connectivity index (χ1v) is 2.73. The van der Waals surface area contributed by atoms with E-state index in [4.69, 9.17) is 0 Å². The monoisotopic (exact) mass is 218 g/mol. The van der Waals surface area contributed by atoms with Gasteiger partial charge in [-0.2, -0.15) is 0 Å². The molecule has 0 saturated carbocycles. The summed E-state index contributed by atoms with van der Waals surface area (Å²) in [6.07, 6.45) is 0. The van der Waals surface area contributed by atoms with Crippen LogP contribution in [-0.4, -0.2) is 17.3 Å². The van der Waals surface area contributed by atoms with Crippen LogP contribution < -0.4 is 0 Å². The second kappa shape index (κ2) is 4.29. The van der Waals surface area contributed by atoms with Gasteiger partial charge in [-0.25, -0.2) is 9.18 Å². The summed E-state index contributed by atoms with van der Waals surface area (Å²) in [5, 5.41) is 0. The van der Waals surface area contributed by atoms with Gasteiger partial charge < -0.3 is 4.74 Å². The van der Waals surface area contributed by atoms with Crippen molar-refractivity contribution >= 4 is 26.6 Å². The number of hydrogen-bond donors (Lipinski definition) is 0. The Hall–Kier alpha value is 0.130. The molecule has 2 nitrogen and oxygen atoms in total. The van der Waals surface area contributed by atoms with Crippen LogP contribution in [0.5, 0.6) is 0 Å². The normalized spacial score (nSPS) is 8.29. The number of rotatable bonds is 2. The molecule has 0 aliphatic heterocycles. The molecule has 0 N–H and O–H groups in total. The average molecular weight is 218 g/mol. The van der Waals surface area contributed by atoms with Gasteiger partial charge in [0.15, 0.2) is 0 Å². The fourth-order valence-corrected chi connectivity index (χ4v) is 0.339. The van der Waals surface area contributed by atoms with Gasteiger partial charge in [0.25, 0.3) is 0 Å². The van der Waals surface area contributed by atoms with E-state index in [0.29, 0.717) is 0 Å². The quantitative estimate of drug-likeness (QED) is 0.518. The largest absolute Gasteiger partial charge is 0.455 e. The molecule has 0 aromatic rings. The van der Waals surface area contributed by atoms with E-state index < -0.39 is 10.7 Å². The SMILES string of the molecule is O=C(I)OCCF. The Morgan fingerprint density at radius 3 is 2.57 bits per heavy atom. The summed E-state index contributed by atoms with van der Waals surface area (Å²) in [6.45, 7) is -0.726. The maximum atomic E-state index is 11.1. The summed E-state index contributed by atoms with van der Waals surface area (Å²) in [5.41, 5.74) is 0. The summed E-state index contributed by atoms with van der Waals surface area (Å²) in [7, 11) is 0. The van der Waals surface area contributed by atoms with Crippen molar-refractivity contribution in [1.29, 1.82) is 0 Å². The van der Waals surface area contributed by atoms with Crippen molar-refractivity contribution in [2.45, 2.75) is 0 Å². The summed E-state index contributed by atoms with van der Waals surface area (Å²) in [4.78, 5) is 9.80. The number of carbonyl (C=O) groups is 1. The molecule has 0 fully saturated rings. The van der Waals surface area contributed by atoms with Crippen LogP contribution in [0.25, 0.3) is 0 Å². The topological polar surface area (TPSA) is 26.3 Å².